The Bertz CT molecular complexity index is 299. The van der Waals surface area contributed by atoms with Crippen LogP contribution in [0.1, 0.15) is 26.1 Å². The molecule has 1 aliphatic heterocycles. The highest BCUT2D eigenvalue weighted by Crippen LogP contribution is 2.13. The highest BCUT2D eigenvalue weighted by atomic mass is 15.3. The van der Waals surface area contributed by atoms with Gasteiger partial charge < -0.3 is 5.32 Å². The Morgan fingerprint density at radius 3 is 3.13 bits per heavy atom. The van der Waals surface area contributed by atoms with Crippen LogP contribution in [-0.2, 0) is 13.0 Å². The first-order valence-corrected chi connectivity index (χ1v) is 5.83. The SMILES string of the molecule is CC(C)Cn1ncnc1CC1CCNC1. The smallest absolute Gasteiger partial charge is 0.138 e. The topological polar surface area (TPSA) is 42.7 Å². The van der Waals surface area contributed by atoms with E-state index in [0.717, 1.165) is 37.8 Å². The summed E-state index contributed by atoms with van der Waals surface area (Å²) in [4.78, 5) is 4.36. The molecule has 1 aromatic heterocycles. The first-order valence-electron chi connectivity index (χ1n) is 5.83. The quantitative estimate of drug-likeness (QED) is 0.805. The predicted octanol–water partition coefficient (Wildman–Crippen LogP) is 1.09. The Morgan fingerprint density at radius 1 is 1.60 bits per heavy atom. The molecule has 2 rings (SSSR count). The van der Waals surface area contributed by atoms with Gasteiger partial charge in [-0.3, -0.25) is 0 Å². The van der Waals surface area contributed by atoms with Gasteiger partial charge in [-0.2, -0.15) is 5.10 Å². The van der Waals surface area contributed by atoms with Crippen molar-refractivity contribution in [3.63, 3.8) is 0 Å². The van der Waals surface area contributed by atoms with Gasteiger partial charge in [0.05, 0.1) is 0 Å². The van der Waals surface area contributed by atoms with Gasteiger partial charge in [0, 0.05) is 13.0 Å². The monoisotopic (exact) mass is 208 g/mol. The molecule has 1 fully saturated rings. The second-order valence-corrected chi connectivity index (χ2v) is 4.82. The van der Waals surface area contributed by atoms with Crippen LogP contribution in [0.5, 0.6) is 0 Å². The van der Waals surface area contributed by atoms with E-state index >= 15 is 0 Å². The summed E-state index contributed by atoms with van der Waals surface area (Å²) in [6.07, 6.45) is 4.02. The minimum Gasteiger partial charge on any atom is -0.316 e. The Kier molecular flexibility index (Phi) is 3.36. The lowest BCUT2D eigenvalue weighted by Gasteiger charge is -2.11. The van der Waals surface area contributed by atoms with Gasteiger partial charge in [-0.1, -0.05) is 13.8 Å². The largest absolute Gasteiger partial charge is 0.316 e. The molecule has 0 bridgehead atoms. The zero-order valence-electron chi connectivity index (χ0n) is 9.61. The lowest BCUT2D eigenvalue weighted by molar-refractivity contribution is 0.447. The van der Waals surface area contributed by atoms with E-state index in [-0.39, 0.29) is 0 Å². The molecule has 4 nitrogen and oxygen atoms in total. The maximum Gasteiger partial charge on any atom is 0.138 e. The molecule has 2 heterocycles. The fraction of sp³-hybridized carbons (Fsp3) is 0.818. The summed E-state index contributed by atoms with van der Waals surface area (Å²) in [6.45, 7) is 7.69. The summed E-state index contributed by atoms with van der Waals surface area (Å²) in [5, 5.41) is 7.67. The summed E-state index contributed by atoms with van der Waals surface area (Å²) in [7, 11) is 0. The maximum absolute atomic E-state index is 4.36. The maximum atomic E-state index is 4.36. The minimum absolute atomic E-state index is 0.632. The number of aromatic nitrogens is 3. The summed E-state index contributed by atoms with van der Waals surface area (Å²) in [6, 6.07) is 0. The fourth-order valence-electron chi connectivity index (χ4n) is 2.09. The molecular formula is C11H20N4. The Hall–Kier alpha value is -0.900. The normalized spacial score (nSPS) is 21.4. The van der Waals surface area contributed by atoms with Crippen LogP contribution in [0.25, 0.3) is 0 Å². The highest BCUT2D eigenvalue weighted by Gasteiger charge is 2.17. The second kappa shape index (κ2) is 4.75. The van der Waals surface area contributed by atoms with Crippen molar-refractivity contribution >= 4 is 0 Å². The molecule has 1 aromatic rings. The molecule has 0 spiro atoms. The van der Waals surface area contributed by atoms with Crippen molar-refractivity contribution in [1.29, 1.82) is 0 Å². The van der Waals surface area contributed by atoms with Crippen molar-refractivity contribution < 1.29 is 0 Å². The van der Waals surface area contributed by atoms with Crippen LogP contribution in [0, 0.1) is 11.8 Å². The van der Waals surface area contributed by atoms with Gasteiger partial charge in [0.2, 0.25) is 0 Å². The predicted molar refractivity (Wildman–Crippen MR) is 59.5 cm³/mol. The molecule has 1 unspecified atom stereocenters. The van der Waals surface area contributed by atoms with E-state index < -0.39 is 0 Å². The highest BCUT2D eigenvalue weighted by molar-refractivity contribution is 4.90. The van der Waals surface area contributed by atoms with Crippen LogP contribution in [0.4, 0.5) is 0 Å². The third kappa shape index (κ3) is 2.78. The van der Waals surface area contributed by atoms with Crippen LogP contribution < -0.4 is 5.32 Å². The fourth-order valence-corrected chi connectivity index (χ4v) is 2.09. The van der Waals surface area contributed by atoms with Crippen LogP contribution in [-0.4, -0.2) is 27.9 Å². The minimum atomic E-state index is 0.632. The first-order chi connectivity index (χ1) is 7.25. The third-order valence-corrected chi connectivity index (χ3v) is 2.87. The van der Waals surface area contributed by atoms with Gasteiger partial charge in [0.25, 0.3) is 0 Å². The van der Waals surface area contributed by atoms with Crippen molar-refractivity contribution in [1.82, 2.24) is 20.1 Å². The average molecular weight is 208 g/mol. The number of nitrogens with zero attached hydrogens (tertiary/aromatic N) is 3. The van der Waals surface area contributed by atoms with E-state index in [1.807, 2.05) is 0 Å². The van der Waals surface area contributed by atoms with E-state index in [1.54, 1.807) is 6.33 Å². The van der Waals surface area contributed by atoms with Crippen molar-refractivity contribution in [2.24, 2.45) is 11.8 Å². The Morgan fingerprint density at radius 2 is 2.47 bits per heavy atom. The van der Waals surface area contributed by atoms with Crippen molar-refractivity contribution in [3.05, 3.63) is 12.2 Å². The molecule has 1 aliphatic rings. The van der Waals surface area contributed by atoms with E-state index in [9.17, 15) is 0 Å². The van der Waals surface area contributed by atoms with Crippen molar-refractivity contribution in [2.45, 2.75) is 33.2 Å². The molecule has 0 radical (unpaired) electrons. The Balaban J connectivity index is 1.97. The van der Waals surface area contributed by atoms with Crippen molar-refractivity contribution in [2.75, 3.05) is 13.1 Å². The number of hydrogen-bond acceptors (Lipinski definition) is 3. The summed E-state index contributed by atoms with van der Waals surface area (Å²) in [5.41, 5.74) is 0. The zero-order valence-corrected chi connectivity index (χ0v) is 9.61. The molecule has 4 heteroatoms. The van der Waals surface area contributed by atoms with Crippen LogP contribution in [0.15, 0.2) is 6.33 Å². The molecule has 1 N–H and O–H groups in total. The second-order valence-electron chi connectivity index (χ2n) is 4.82. The van der Waals surface area contributed by atoms with E-state index in [0.29, 0.717) is 5.92 Å². The van der Waals surface area contributed by atoms with Gasteiger partial charge in [-0.05, 0) is 31.3 Å². The summed E-state index contributed by atoms with van der Waals surface area (Å²) >= 11 is 0. The first kappa shape index (κ1) is 10.6. The van der Waals surface area contributed by atoms with Gasteiger partial charge in [-0.15, -0.1) is 0 Å². The van der Waals surface area contributed by atoms with Crippen LogP contribution in [0.2, 0.25) is 0 Å². The van der Waals surface area contributed by atoms with E-state index in [4.69, 9.17) is 0 Å². The molecule has 1 atom stereocenters. The van der Waals surface area contributed by atoms with Crippen LogP contribution in [0.3, 0.4) is 0 Å². The zero-order chi connectivity index (χ0) is 10.7. The van der Waals surface area contributed by atoms with Crippen molar-refractivity contribution in [3.8, 4) is 0 Å². The van der Waals surface area contributed by atoms with E-state index in [1.165, 1.54) is 6.42 Å². The summed E-state index contributed by atoms with van der Waals surface area (Å²) in [5.74, 6) is 2.53. The van der Waals surface area contributed by atoms with Gasteiger partial charge >= 0.3 is 0 Å². The third-order valence-electron chi connectivity index (χ3n) is 2.87. The molecule has 1 saturated heterocycles. The Labute approximate surface area is 91.1 Å². The summed E-state index contributed by atoms with van der Waals surface area (Å²) < 4.78 is 2.06. The van der Waals surface area contributed by atoms with Crippen LogP contribution >= 0.6 is 0 Å². The standard InChI is InChI=1S/C11H20N4/c1-9(2)7-15-11(13-8-14-15)5-10-3-4-12-6-10/h8-10,12H,3-7H2,1-2H3. The number of hydrogen-bond donors (Lipinski definition) is 1. The molecule has 0 saturated carbocycles. The molecule has 0 amide bonds. The van der Waals surface area contributed by atoms with Gasteiger partial charge in [0.15, 0.2) is 0 Å². The molecule has 0 aromatic carbocycles. The number of nitrogens with one attached hydrogen (secondary N) is 1. The number of rotatable bonds is 4. The molecule has 84 valence electrons. The van der Waals surface area contributed by atoms with E-state index in [2.05, 4.69) is 33.9 Å². The molecule has 15 heavy (non-hydrogen) atoms. The van der Waals surface area contributed by atoms with Gasteiger partial charge in [-0.25, -0.2) is 9.67 Å². The lowest BCUT2D eigenvalue weighted by Crippen LogP contribution is -2.16. The molecule has 0 aliphatic carbocycles. The lowest BCUT2D eigenvalue weighted by atomic mass is 10.0. The average Bonchev–Trinajstić information content (AvgIpc) is 2.78. The van der Waals surface area contributed by atoms with Gasteiger partial charge in [0.1, 0.15) is 12.2 Å². The molecular weight excluding hydrogens is 188 g/mol.